The van der Waals surface area contributed by atoms with Gasteiger partial charge in [0.2, 0.25) is 5.91 Å². The molecule has 1 aliphatic heterocycles. The minimum absolute atomic E-state index is 0.0798. The summed E-state index contributed by atoms with van der Waals surface area (Å²) in [4.78, 5) is 14.9. The van der Waals surface area contributed by atoms with Crippen LogP contribution in [0.5, 0.6) is 5.75 Å². The van der Waals surface area contributed by atoms with Crippen LogP contribution in [0.25, 0.3) is 16.6 Å². The summed E-state index contributed by atoms with van der Waals surface area (Å²) >= 11 is 0. The van der Waals surface area contributed by atoms with Crippen molar-refractivity contribution >= 4 is 22.6 Å². The molecule has 0 unspecified atom stereocenters. The monoisotopic (exact) mass is 466 g/mol. The standard InChI is InChI=1S/C25H34N6O3/c1-5-34-15-7-13-26-25(32)19-8-6-14-30(16-19)24-23-22(17(2)27-28-24)18(3)31(29-23)20-9-11-21(33-4)12-10-20/h9-12,19H,5-8,13-16H2,1-4H3,(H,26,32)/t19-/m1/s1. The van der Waals surface area contributed by atoms with Crippen molar-refractivity contribution in [3.63, 3.8) is 0 Å². The quantitative estimate of drug-likeness (QED) is 0.484. The van der Waals surface area contributed by atoms with Gasteiger partial charge in [0.1, 0.15) is 11.3 Å². The van der Waals surface area contributed by atoms with Crippen LogP contribution in [-0.4, -0.2) is 65.8 Å². The number of aromatic nitrogens is 4. The summed E-state index contributed by atoms with van der Waals surface area (Å²) in [5.41, 5.74) is 3.62. The Balaban J connectivity index is 1.56. The van der Waals surface area contributed by atoms with Crippen LogP contribution in [0, 0.1) is 19.8 Å². The predicted molar refractivity (Wildman–Crippen MR) is 132 cm³/mol. The molecule has 1 aliphatic rings. The first-order chi connectivity index (χ1) is 16.5. The van der Waals surface area contributed by atoms with Gasteiger partial charge >= 0.3 is 0 Å². The number of hydrogen-bond donors (Lipinski definition) is 1. The van der Waals surface area contributed by atoms with Crippen molar-refractivity contribution in [3.05, 3.63) is 35.7 Å². The van der Waals surface area contributed by atoms with Crippen molar-refractivity contribution in [2.24, 2.45) is 5.92 Å². The molecule has 1 N–H and O–H groups in total. The smallest absolute Gasteiger partial charge is 0.224 e. The zero-order chi connectivity index (χ0) is 24.1. The molecule has 34 heavy (non-hydrogen) atoms. The lowest BCUT2D eigenvalue weighted by Gasteiger charge is -2.32. The van der Waals surface area contributed by atoms with Crippen molar-refractivity contribution in [2.75, 3.05) is 44.9 Å². The van der Waals surface area contributed by atoms with Crippen LogP contribution in [-0.2, 0) is 9.53 Å². The van der Waals surface area contributed by atoms with Crippen LogP contribution in [0.3, 0.4) is 0 Å². The van der Waals surface area contributed by atoms with E-state index in [1.807, 2.05) is 49.7 Å². The first-order valence-electron chi connectivity index (χ1n) is 12.0. The molecule has 1 amide bonds. The second-order valence-corrected chi connectivity index (χ2v) is 8.65. The lowest BCUT2D eigenvalue weighted by Crippen LogP contribution is -2.43. The minimum atomic E-state index is -0.0798. The highest BCUT2D eigenvalue weighted by molar-refractivity contribution is 5.92. The SMILES string of the molecule is CCOCCCNC(=O)[C@@H]1CCCN(c2nnc(C)c3c(C)n(-c4ccc(OC)cc4)nc23)C1. The average Bonchev–Trinajstić information content (AvgIpc) is 3.22. The van der Waals surface area contributed by atoms with Crippen molar-refractivity contribution in [2.45, 2.75) is 40.0 Å². The number of aryl methyl sites for hydroxylation is 2. The van der Waals surface area contributed by atoms with Crippen LogP contribution >= 0.6 is 0 Å². The minimum Gasteiger partial charge on any atom is -0.497 e. The highest BCUT2D eigenvalue weighted by Gasteiger charge is 2.29. The summed E-state index contributed by atoms with van der Waals surface area (Å²) in [5.74, 6) is 1.56. The molecule has 1 aromatic carbocycles. The predicted octanol–water partition coefficient (Wildman–Crippen LogP) is 3.20. The lowest BCUT2D eigenvalue weighted by atomic mass is 9.97. The van der Waals surface area contributed by atoms with E-state index in [9.17, 15) is 4.79 Å². The third-order valence-electron chi connectivity index (χ3n) is 6.36. The van der Waals surface area contributed by atoms with Gasteiger partial charge in [-0.3, -0.25) is 4.79 Å². The number of methoxy groups -OCH3 is 1. The topological polar surface area (TPSA) is 94.4 Å². The molecular formula is C25H34N6O3. The Morgan fingerprint density at radius 2 is 2.00 bits per heavy atom. The van der Waals surface area contributed by atoms with Crippen LogP contribution < -0.4 is 15.0 Å². The van der Waals surface area contributed by atoms with Gasteiger partial charge in [0, 0.05) is 32.8 Å². The van der Waals surface area contributed by atoms with Crippen molar-refractivity contribution in [1.82, 2.24) is 25.3 Å². The molecular weight excluding hydrogens is 432 g/mol. The van der Waals surface area contributed by atoms with Crippen molar-refractivity contribution in [3.8, 4) is 11.4 Å². The summed E-state index contributed by atoms with van der Waals surface area (Å²) in [5, 5.41) is 18.0. The normalized spacial score (nSPS) is 16.1. The molecule has 1 fully saturated rings. The van der Waals surface area contributed by atoms with Gasteiger partial charge in [-0.25, -0.2) is 4.68 Å². The summed E-state index contributed by atoms with van der Waals surface area (Å²) in [6, 6.07) is 7.82. The molecule has 9 heteroatoms. The molecule has 0 radical (unpaired) electrons. The second-order valence-electron chi connectivity index (χ2n) is 8.65. The molecule has 182 valence electrons. The Hall–Kier alpha value is -3.20. The number of carbonyl (C=O) groups is 1. The van der Waals surface area contributed by atoms with Crippen LogP contribution in [0.15, 0.2) is 24.3 Å². The number of fused-ring (bicyclic) bond motifs is 1. The number of rotatable bonds is 9. The number of hydrogen-bond acceptors (Lipinski definition) is 7. The Bertz CT molecular complexity index is 1130. The number of carbonyl (C=O) groups excluding carboxylic acids is 1. The maximum absolute atomic E-state index is 12.8. The fraction of sp³-hybridized carbons (Fsp3) is 0.520. The largest absolute Gasteiger partial charge is 0.497 e. The van der Waals surface area contributed by atoms with Crippen LogP contribution in [0.4, 0.5) is 5.82 Å². The fourth-order valence-electron chi connectivity index (χ4n) is 4.56. The summed E-state index contributed by atoms with van der Waals surface area (Å²) < 4.78 is 12.6. The summed E-state index contributed by atoms with van der Waals surface area (Å²) in [6.45, 7) is 9.42. The Labute approximate surface area is 200 Å². The number of benzene rings is 1. The summed E-state index contributed by atoms with van der Waals surface area (Å²) in [6.07, 6.45) is 2.62. The van der Waals surface area contributed by atoms with E-state index in [0.29, 0.717) is 26.3 Å². The highest BCUT2D eigenvalue weighted by Crippen LogP contribution is 2.31. The zero-order valence-corrected chi connectivity index (χ0v) is 20.5. The maximum Gasteiger partial charge on any atom is 0.224 e. The van der Waals surface area contributed by atoms with E-state index in [4.69, 9.17) is 14.6 Å². The Kier molecular flexibility index (Phi) is 7.62. The number of piperidine rings is 1. The molecule has 3 heterocycles. The molecule has 1 atom stereocenters. The maximum atomic E-state index is 12.8. The number of nitrogens with zero attached hydrogens (tertiary/aromatic N) is 5. The van der Waals surface area contributed by atoms with E-state index in [1.54, 1.807) is 7.11 Å². The van der Waals surface area contributed by atoms with E-state index >= 15 is 0 Å². The van der Waals surface area contributed by atoms with Crippen molar-refractivity contribution in [1.29, 1.82) is 0 Å². The molecule has 0 bridgehead atoms. The van der Waals surface area contributed by atoms with Gasteiger partial charge < -0.3 is 19.7 Å². The molecule has 0 aliphatic carbocycles. The molecule has 0 saturated carbocycles. The van der Waals surface area contributed by atoms with Crippen LogP contribution in [0.1, 0.15) is 37.6 Å². The highest BCUT2D eigenvalue weighted by atomic mass is 16.5. The van der Waals surface area contributed by atoms with Crippen LogP contribution in [0.2, 0.25) is 0 Å². The molecule has 2 aromatic heterocycles. The van der Waals surface area contributed by atoms with E-state index in [-0.39, 0.29) is 11.8 Å². The average molecular weight is 467 g/mol. The van der Waals surface area contributed by atoms with E-state index < -0.39 is 0 Å². The third-order valence-corrected chi connectivity index (χ3v) is 6.36. The molecule has 4 rings (SSSR count). The number of nitrogens with one attached hydrogen (secondary N) is 1. The first kappa shape index (κ1) is 23.9. The first-order valence-corrected chi connectivity index (χ1v) is 12.0. The van der Waals surface area contributed by atoms with Gasteiger partial charge in [0.05, 0.1) is 35.5 Å². The second kappa shape index (κ2) is 10.8. The van der Waals surface area contributed by atoms with Gasteiger partial charge in [0.15, 0.2) is 5.82 Å². The van der Waals surface area contributed by atoms with Gasteiger partial charge in [0.25, 0.3) is 0 Å². The Morgan fingerprint density at radius 1 is 1.21 bits per heavy atom. The molecule has 9 nitrogen and oxygen atoms in total. The van der Waals surface area contributed by atoms with Crippen molar-refractivity contribution < 1.29 is 14.3 Å². The van der Waals surface area contributed by atoms with Gasteiger partial charge in [-0.2, -0.15) is 10.2 Å². The number of amides is 1. The summed E-state index contributed by atoms with van der Waals surface area (Å²) in [7, 11) is 1.66. The zero-order valence-electron chi connectivity index (χ0n) is 20.5. The number of anilines is 1. The number of ether oxygens (including phenoxy) is 2. The van der Waals surface area contributed by atoms with E-state index in [0.717, 1.165) is 65.4 Å². The third kappa shape index (κ3) is 4.99. The van der Waals surface area contributed by atoms with Gasteiger partial charge in [-0.05, 0) is 64.3 Å². The lowest BCUT2D eigenvalue weighted by molar-refractivity contribution is -0.125. The molecule has 1 saturated heterocycles. The Morgan fingerprint density at radius 3 is 2.74 bits per heavy atom. The fourth-order valence-corrected chi connectivity index (χ4v) is 4.56. The molecule has 3 aromatic rings. The van der Waals surface area contributed by atoms with E-state index in [2.05, 4.69) is 20.4 Å². The van der Waals surface area contributed by atoms with Gasteiger partial charge in [-0.15, -0.1) is 5.10 Å². The molecule has 0 spiro atoms. The van der Waals surface area contributed by atoms with Gasteiger partial charge in [-0.1, -0.05) is 0 Å². The van der Waals surface area contributed by atoms with E-state index in [1.165, 1.54) is 0 Å².